The highest BCUT2D eigenvalue weighted by atomic mass is 16.5. The van der Waals surface area contributed by atoms with Crippen LogP contribution in [-0.4, -0.2) is 28.7 Å². The van der Waals surface area contributed by atoms with Gasteiger partial charge in [-0.05, 0) is 36.4 Å². The monoisotopic (exact) mass is 412 g/mol. The molecule has 4 aromatic rings. The first kappa shape index (κ1) is 19.9. The molecule has 31 heavy (non-hydrogen) atoms. The number of hydrogen-bond acceptors (Lipinski definition) is 4. The van der Waals surface area contributed by atoms with Crippen LogP contribution in [0.15, 0.2) is 91.1 Å². The molecule has 1 heterocycles. The molecule has 4 rings (SSSR count). The lowest BCUT2D eigenvalue weighted by Gasteiger charge is -2.08. The highest BCUT2D eigenvalue weighted by Crippen LogP contribution is 2.23. The van der Waals surface area contributed by atoms with Crippen LogP contribution >= 0.6 is 0 Å². The van der Waals surface area contributed by atoms with Crippen molar-refractivity contribution in [3.8, 4) is 22.7 Å². The molecule has 2 amide bonds. The van der Waals surface area contributed by atoms with Crippen LogP contribution < -0.4 is 15.6 Å². The van der Waals surface area contributed by atoms with Crippen LogP contribution in [0.4, 0.5) is 0 Å². The first-order valence-corrected chi connectivity index (χ1v) is 9.61. The molecule has 7 heteroatoms. The summed E-state index contributed by atoms with van der Waals surface area (Å²) in [5.74, 6) is -0.267. The molecule has 0 saturated carbocycles. The number of methoxy groups -OCH3 is 1. The minimum atomic E-state index is -0.470. The van der Waals surface area contributed by atoms with Crippen molar-refractivity contribution in [1.29, 1.82) is 0 Å². The second-order valence-electron chi connectivity index (χ2n) is 6.67. The summed E-state index contributed by atoms with van der Waals surface area (Å²) in [6, 6.07) is 25.5. The van der Waals surface area contributed by atoms with E-state index < -0.39 is 11.8 Å². The van der Waals surface area contributed by atoms with Gasteiger partial charge in [-0.2, -0.15) is 5.10 Å². The minimum Gasteiger partial charge on any atom is -0.497 e. The molecule has 154 valence electrons. The average molecular weight is 412 g/mol. The van der Waals surface area contributed by atoms with Gasteiger partial charge in [-0.3, -0.25) is 20.4 Å². The van der Waals surface area contributed by atoms with Crippen molar-refractivity contribution in [1.82, 2.24) is 20.6 Å². The van der Waals surface area contributed by atoms with Gasteiger partial charge in [-0.1, -0.05) is 48.5 Å². The molecular weight excluding hydrogens is 392 g/mol. The van der Waals surface area contributed by atoms with Crippen LogP contribution in [0.25, 0.3) is 16.9 Å². The van der Waals surface area contributed by atoms with E-state index in [1.165, 1.54) is 0 Å². The number of carbonyl (C=O) groups is 2. The van der Waals surface area contributed by atoms with E-state index in [1.807, 2.05) is 60.7 Å². The Hall–Kier alpha value is -4.39. The normalized spacial score (nSPS) is 10.4. The van der Waals surface area contributed by atoms with E-state index in [0.29, 0.717) is 22.6 Å². The van der Waals surface area contributed by atoms with E-state index in [9.17, 15) is 9.59 Å². The van der Waals surface area contributed by atoms with Crippen LogP contribution in [0.1, 0.15) is 20.7 Å². The quantitative estimate of drug-likeness (QED) is 0.490. The molecular formula is C24H20N4O3. The molecule has 0 aliphatic rings. The number of nitrogens with zero attached hydrogens (tertiary/aromatic N) is 2. The van der Waals surface area contributed by atoms with E-state index in [4.69, 9.17) is 4.74 Å². The standard InChI is InChI=1S/C24H20N4O3/c1-31-20-14-12-18(13-15-20)23(29)25-26-24(30)21-16-28(19-10-6-3-7-11-19)27-22(21)17-8-4-2-5-9-17/h2-16H,1H3,(H,25,29)(H,26,30). The predicted molar refractivity (Wildman–Crippen MR) is 117 cm³/mol. The second kappa shape index (κ2) is 8.96. The highest BCUT2D eigenvalue weighted by Gasteiger charge is 2.19. The lowest BCUT2D eigenvalue weighted by molar-refractivity contribution is 0.0847. The molecule has 2 N–H and O–H groups in total. The lowest BCUT2D eigenvalue weighted by atomic mass is 10.1. The summed E-state index contributed by atoms with van der Waals surface area (Å²) >= 11 is 0. The number of benzene rings is 3. The number of hydrazine groups is 1. The first-order valence-electron chi connectivity index (χ1n) is 9.61. The van der Waals surface area contributed by atoms with Gasteiger partial charge >= 0.3 is 0 Å². The summed E-state index contributed by atoms with van der Waals surface area (Å²) < 4.78 is 6.73. The molecule has 0 aliphatic carbocycles. The molecule has 0 atom stereocenters. The van der Waals surface area contributed by atoms with E-state index in [0.717, 1.165) is 11.3 Å². The fraction of sp³-hybridized carbons (Fsp3) is 0.0417. The van der Waals surface area contributed by atoms with E-state index >= 15 is 0 Å². The van der Waals surface area contributed by atoms with Crippen LogP contribution in [0.5, 0.6) is 5.75 Å². The van der Waals surface area contributed by atoms with Crippen molar-refractivity contribution in [2.24, 2.45) is 0 Å². The van der Waals surface area contributed by atoms with Gasteiger partial charge in [0.25, 0.3) is 11.8 Å². The highest BCUT2D eigenvalue weighted by molar-refractivity contribution is 6.02. The van der Waals surface area contributed by atoms with Gasteiger partial charge in [0.1, 0.15) is 11.4 Å². The van der Waals surface area contributed by atoms with Crippen molar-refractivity contribution < 1.29 is 14.3 Å². The Kier molecular flexibility index (Phi) is 5.75. The van der Waals surface area contributed by atoms with Crippen LogP contribution in [0, 0.1) is 0 Å². The molecule has 3 aromatic carbocycles. The summed E-state index contributed by atoms with van der Waals surface area (Å²) in [6.45, 7) is 0. The fourth-order valence-corrected chi connectivity index (χ4v) is 3.06. The third-order valence-electron chi connectivity index (χ3n) is 4.67. The molecule has 1 aromatic heterocycles. The summed E-state index contributed by atoms with van der Waals surface area (Å²) in [6.07, 6.45) is 1.65. The zero-order chi connectivity index (χ0) is 21.6. The summed E-state index contributed by atoms with van der Waals surface area (Å²) in [4.78, 5) is 25.3. The van der Waals surface area contributed by atoms with E-state index in [-0.39, 0.29) is 0 Å². The SMILES string of the molecule is COc1ccc(C(=O)NNC(=O)c2cn(-c3ccccc3)nc2-c2ccccc2)cc1. The summed E-state index contributed by atoms with van der Waals surface area (Å²) in [5, 5.41) is 4.61. The Morgan fingerprint density at radius 1 is 0.806 bits per heavy atom. The number of amides is 2. The lowest BCUT2D eigenvalue weighted by Crippen LogP contribution is -2.41. The van der Waals surface area contributed by atoms with Gasteiger partial charge in [0.2, 0.25) is 0 Å². The number of nitrogens with one attached hydrogen (secondary N) is 2. The first-order chi connectivity index (χ1) is 15.2. The maximum atomic E-state index is 12.9. The molecule has 0 fully saturated rings. The number of ether oxygens (including phenoxy) is 1. The second-order valence-corrected chi connectivity index (χ2v) is 6.67. The van der Waals surface area contributed by atoms with Crippen molar-refractivity contribution in [2.75, 3.05) is 7.11 Å². The van der Waals surface area contributed by atoms with Crippen LogP contribution in [0.3, 0.4) is 0 Å². The molecule has 0 unspecified atom stereocenters. The summed E-state index contributed by atoms with van der Waals surface area (Å²) in [7, 11) is 1.55. The van der Waals surface area contributed by atoms with Crippen molar-refractivity contribution in [2.45, 2.75) is 0 Å². The van der Waals surface area contributed by atoms with Gasteiger partial charge in [-0.25, -0.2) is 4.68 Å². The molecule has 0 aliphatic heterocycles. The zero-order valence-corrected chi connectivity index (χ0v) is 16.8. The maximum absolute atomic E-state index is 12.9. The fourth-order valence-electron chi connectivity index (χ4n) is 3.06. The third-order valence-corrected chi connectivity index (χ3v) is 4.67. The number of hydrogen-bond donors (Lipinski definition) is 2. The molecule has 0 spiro atoms. The Morgan fingerprint density at radius 3 is 2.06 bits per heavy atom. The topological polar surface area (TPSA) is 85.3 Å². The van der Waals surface area contributed by atoms with Gasteiger partial charge in [-0.15, -0.1) is 0 Å². The Morgan fingerprint density at radius 2 is 1.42 bits per heavy atom. The smallest absolute Gasteiger partial charge is 0.273 e. The van der Waals surface area contributed by atoms with Gasteiger partial charge < -0.3 is 4.74 Å². The largest absolute Gasteiger partial charge is 0.497 e. The van der Waals surface area contributed by atoms with Crippen LogP contribution in [0.2, 0.25) is 0 Å². The average Bonchev–Trinajstić information content (AvgIpc) is 3.29. The van der Waals surface area contributed by atoms with Gasteiger partial charge in [0.05, 0.1) is 18.4 Å². The Bertz CT molecular complexity index is 1190. The summed E-state index contributed by atoms with van der Waals surface area (Å²) in [5.41, 5.74) is 7.78. The molecule has 0 bridgehead atoms. The van der Waals surface area contributed by atoms with Gasteiger partial charge in [0, 0.05) is 17.3 Å². The molecule has 7 nitrogen and oxygen atoms in total. The van der Waals surface area contributed by atoms with Gasteiger partial charge in [0.15, 0.2) is 0 Å². The van der Waals surface area contributed by atoms with Crippen molar-refractivity contribution >= 4 is 11.8 Å². The number of para-hydroxylation sites is 1. The zero-order valence-electron chi connectivity index (χ0n) is 16.8. The van der Waals surface area contributed by atoms with E-state index in [2.05, 4.69) is 16.0 Å². The minimum absolute atomic E-state index is 0.338. The van der Waals surface area contributed by atoms with E-state index in [1.54, 1.807) is 42.3 Å². The molecule has 0 saturated heterocycles. The van der Waals surface area contributed by atoms with Crippen LogP contribution in [-0.2, 0) is 0 Å². The van der Waals surface area contributed by atoms with Crippen molar-refractivity contribution in [3.05, 3.63) is 102 Å². The third kappa shape index (κ3) is 4.45. The van der Waals surface area contributed by atoms with Crippen molar-refractivity contribution in [3.63, 3.8) is 0 Å². The molecule has 0 radical (unpaired) electrons. The number of aromatic nitrogens is 2. The Balaban J connectivity index is 1.57. The maximum Gasteiger partial charge on any atom is 0.273 e. The number of rotatable bonds is 5. The number of carbonyl (C=O) groups excluding carboxylic acids is 2. The Labute approximate surface area is 179 Å². The predicted octanol–water partition coefficient (Wildman–Crippen LogP) is 3.62.